The Morgan fingerprint density at radius 3 is 2.82 bits per heavy atom. The Balaban J connectivity index is 2.08. The number of anilines is 1. The molecule has 1 heterocycles. The molecule has 2 aromatic rings. The van der Waals surface area contributed by atoms with Crippen LogP contribution in [0.3, 0.4) is 0 Å². The van der Waals surface area contributed by atoms with Gasteiger partial charge in [-0.1, -0.05) is 45.7 Å². The lowest BCUT2D eigenvalue weighted by Crippen LogP contribution is -2.01. The second kappa shape index (κ2) is 5.52. The summed E-state index contributed by atoms with van der Waals surface area (Å²) in [6.45, 7) is 2.70. The Labute approximate surface area is 114 Å². The monoisotopic (exact) mass is 310 g/mol. The molecule has 0 spiro atoms. The van der Waals surface area contributed by atoms with E-state index in [1.54, 1.807) is 6.20 Å². The molecule has 17 heavy (non-hydrogen) atoms. The topological polar surface area (TPSA) is 24.9 Å². The van der Waals surface area contributed by atoms with Gasteiger partial charge >= 0.3 is 0 Å². The van der Waals surface area contributed by atoms with E-state index in [1.807, 2.05) is 31.2 Å². The fourth-order valence-corrected chi connectivity index (χ4v) is 2.02. The fourth-order valence-electron chi connectivity index (χ4n) is 1.49. The summed E-state index contributed by atoms with van der Waals surface area (Å²) in [4.78, 5) is 4.10. The number of nitrogens with one attached hydrogen (secondary N) is 1. The van der Waals surface area contributed by atoms with E-state index in [1.165, 1.54) is 5.56 Å². The number of rotatable bonds is 3. The average Bonchev–Trinajstić information content (AvgIpc) is 2.32. The SMILES string of the molecule is Cc1cc(NCc2ccccc2Br)cnc1Cl. The van der Waals surface area contributed by atoms with Gasteiger partial charge in [0.1, 0.15) is 5.15 Å². The number of hydrogen-bond acceptors (Lipinski definition) is 2. The lowest BCUT2D eigenvalue weighted by atomic mass is 10.2. The van der Waals surface area contributed by atoms with Gasteiger partial charge in [-0.2, -0.15) is 0 Å². The Morgan fingerprint density at radius 1 is 1.35 bits per heavy atom. The van der Waals surface area contributed by atoms with Gasteiger partial charge in [0.2, 0.25) is 0 Å². The van der Waals surface area contributed by atoms with Gasteiger partial charge in [-0.05, 0) is 30.2 Å². The van der Waals surface area contributed by atoms with Crippen LogP contribution in [-0.2, 0) is 6.54 Å². The predicted molar refractivity (Wildman–Crippen MR) is 75.5 cm³/mol. The van der Waals surface area contributed by atoms with Crippen LogP contribution in [0.15, 0.2) is 41.0 Å². The molecule has 88 valence electrons. The van der Waals surface area contributed by atoms with Gasteiger partial charge in [0.25, 0.3) is 0 Å². The molecule has 1 aromatic heterocycles. The lowest BCUT2D eigenvalue weighted by molar-refractivity contribution is 1.12. The second-order valence-corrected chi connectivity index (χ2v) is 4.99. The Morgan fingerprint density at radius 2 is 2.12 bits per heavy atom. The lowest BCUT2D eigenvalue weighted by Gasteiger charge is -2.08. The van der Waals surface area contributed by atoms with Crippen LogP contribution >= 0.6 is 27.5 Å². The van der Waals surface area contributed by atoms with Crippen LogP contribution < -0.4 is 5.32 Å². The van der Waals surface area contributed by atoms with Gasteiger partial charge < -0.3 is 5.32 Å². The van der Waals surface area contributed by atoms with Crippen LogP contribution in [0.25, 0.3) is 0 Å². The van der Waals surface area contributed by atoms with Crippen LogP contribution in [0.4, 0.5) is 5.69 Å². The summed E-state index contributed by atoms with van der Waals surface area (Å²) in [5.41, 5.74) is 3.16. The first kappa shape index (κ1) is 12.4. The summed E-state index contributed by atoms with van der Waals surface area (Å²) in [5, 5.41) is 3.87. The van der Waals surface area contributed by atoms with E-state index in [4.69, 9.17) is 11.6 Å². The summed E-state index contributed by atoms with van der Waals surface area (Å²) >= 11 is 9.40. The quantitative estimate of drug-likeness (QED) is 0.849. The third-order valence-electron chi connectivity index (χ3n) is 2.46. The van der Waals surface area contributed by atoms with Crippen LogP contribution in [0.5, 0.6) is 0 Å². The first-order valence-electron chi connectivity index (χ1n) is 5.26. The van der Waals surface area contributed by atoms with Crippen LogP contribution in [-0.4, -0.2) is 4.98 Å². The van der Waals surface area contributed by atoms with E-state index in [0.717, 1.165) is 22.3 Å². The predicted octanol–water partition coefficient (Wildman–Crippen LogP) is 4.42. The van der Waals surface area contributed by atoms with Crippen molar-refractivity contribution in [3.05, 3.63) is 57.3 Å². The number of nitrogens with zero attached hydrogens (tertiary/aromatic N) is 1. The molecule has 0 aliphatic rings. The van der Waals surface area contributed by atoms with Crippen molar-refractivity contribution in [2.75, 3.05) is 5.32 Å². The largest absolute Gasteiger partial charge is 0.380 e. The van der Waals surface area contributed by atoms with Crippen molar-refractivity contribution in [3.63, 3.8) is 0 Å². The van der Waals surface area contributed by atoms with E-state index >= 15 is 0 Å². The molecule has 0 saturated carbocycles. The van der Waals surface area contributed by atoms with Crippen molar-refractivity contribution in [2.24, 2.45) is 0 Å². The van der Waals surface area contributed by atoms with E-state index in [0.29, 0.717) is 5.15 Å². The van der Waals surface area contributed by atoms with E-state index in [-0.39, 0.29) is 0 Å². The van der Waals surface area contributed by atoms with Gasteiger partial charge in [0.05, 0.1) is 11.9 Å². The maximum atomic E-state index is 5.88. The molecule has 2 rings (SSSR count). The Kier molecular flexibility index (Phi) is 4.02. The molecule has 0 atom stereocenters. The molecule has 1 aromatic carbocycles. The van der Waals surface area contributed by atoms with Crippen LogP contribution in [0.1, 0.15) is 11.1 Å². The molecule has 0 aliphatic carbocycles. The minimum atomic E-state index is 0.552. The maximum absolute atomic E-state index is 5.88. The number of halogens is 2. The minimum Gasteiger partial charge on any atom is -0.380 e. The molecular formula is C13H12BrClN2. The first-order valence-corrected chi connectivity index (χ1v) is 6.43. The number of aryl methyl sites for hydroxylation is 1. The standard InChI is InChI=1S/C13H12BrClN2/c1-9-6-11(8-17-13(9)15)16-7-10-4-2-3-5-12(10)14/h2-6,8,16H,7H2,1H3. The zero-order valence-electron chi connectivity index (χ0n) is 9.37. The molecular weight excluding hydrogens is 300 g/mol. The highest BCUT2D eigenvalue weighted by molar-refractivity contribution is 9.10. The fraction of sp³-hybridized carbons (Fsp3) is 0.154. The van der Waals surface area contributed by atoms with Crippen molar-refractivity contribution >= 4 is 33.2 Å². The smallest absolute Gasteiger partial charge is 0.132 e. The summed E-state index contributed by atoms with van der Waals surface area (Å²) < 4.78 is 1.10. The summed E-state index contributed by atoms with van der Waals surface area (Å²) in [5.74, 6) is 0. The van der Waals surface area contributed by atoms with Crippen LogP contribution in [0, 0.1) is 6.92 Å². The normalized spacial score (nSPS) is 10.3. The highest BCUT2D eigenvalue weighted by Crippen LogP contribution is 2.19. The van der Waals surface area contributed by atoms with E-state index in [2.05, 4.69) is 32.3 Å². The number of benzene rings is 1. The Bertz CT molecular complexity index is 529. The van der Waals surface area contributed by atoms with Crippen LogP contribution in [0.2, 0.25) is 5.15 Å². The number of aromatic nitrogens is 1. The maximum Gasteiger partial charge on any atom is 0.132 e. The number of hydrogen-bond donors (Lipinski definition) is 1. The number of pyridine rings is 1. The minimum absolute atomic E-state index is 0.552. The van der Waals surface area contributed by atoms with Gasteiger partial charge in [0, 0.05) is 11.0 Å². The highest BCUT2D eigenvalue weighted by Gasteiger charge is 2.01. The first-order chi connectivity index (χ1) is 8.16. The Hall–Kier alpha value is -1.06. The van der Waals surface area contributed by atoms with Crippen molar-refractivity contribution in [1.82, 2.24) is 4.98 Å². The zero-order chi connectivity index (χ0) is 12.3. The molecule has 0 amide bonds. The molecule has 1 N–H and O–H groups in total. The highest BCUT2D eigenvalue weighted by atomic mass is 79.9. The van der Waals surface area contributed by atoms with Crippen molar-refractivity contribution in [3.8, 4) is 0 Å². The van der Waals surface area contributed by atoms with E-state index < -0.39 is 0 Å². The summed E-state index contributed by atoms with van der Waals surface area (Å²) in [7, 11) is 0. The molecule has 0 unspecified atom stereocenters. The second-order valence-electron chi connectivity index (χ2n) is 3.78. The third kappa shape index (κ3) is 3.20. The average molecular weight is 312 g/mol. The molecule has 0 fully saturated rings. The van der Waals surface area contributed by atoms with Crippen molar-refractivity contribution < 1.29 is 0 Å². The third-order valence-corrected chi connectivity index (χ3v) is 3.62. The summed E-state index contributed by atoms with van der Waals surface area (Å²) in [6.07, 6.45) is 1.74. The molecule has 2 nitrogen and oxygen atoms in total. The van der Waals surface area contributed by atoms with Gasteiger partial charge in [0.15, 0.2) is 0 Å². The molecule has 0 bridgehead atoms. The van der Waals surface area contributed by atoms with Crippen molar-refractivity contribution in [1.29, 1.82) is 0 Å². The molecule has 0 saturated heterocycles. The van der Waals surface area contributed by atoms with Gasteiger partial charge in [-0.15, -0.1) is 0 Å². The molecule has 0 aliphatic heterocycles. The van der Waals surface area contributed by atoms with Crippen molar-refractivity contribution in [2.45, 2.75) is 13.5 Å². The molecule has 4 heteroatoms. The van der Waals surface area contributed by atoms with Gasteiger partial charge in [-0.3, -0.25) is 0 Å². The zero-order valence-corrected chi connectivity index (χ0v) is 11.7. The molecule has 0 radical (unpaired) electrons. The van der Waals surface area contributed by atoms with E-state index in [9.17, 15) is 0 Å². The summed E-state index contributed by atoms with van der Waals surface area (Å²) in [6, 6.07) is 10.1. The van der Waals surface area contributed by atoms with Gasteiger partial charge in [-0.25, -0.2) is 4.98 Å².